The first-order chi connectivity index (χ1) is 24.6. The van der Waals surface area contributed by atoms with Crippen LogP contribution in [-0.4, -0.2) is 74.2 Å². The highest BCUT2D eigenvalue weighted by molar-refractivity contribution is 5.69. The van der Waals surface area contributed by atoms with Crippen LogP contribution >= 0.6 is 0 Å². The molecular formula is C44H78N2O4. The SMILES string of the molecule is CCCCCC=CCC=CCCCCCCCC(=O)OCC(COC(=O)CCCCCCCC=CCC=CCCCCC)N1CCN(C)CC1. The second kappa shape index (κ2) is 35.2. The monoisotopic (exact) mass is 699 g/mol. The highest BCUT2D eigenvalue weighted by Crippen LogP contribution is 2.13. The van der Waals surface area contributed by atoms with Crippen molar-refractivity contribution in [3.63, 3.8) is 0 Å². The van der Waals surface area contributed by atoms with E-state index in [9.17, 15) is 9.59 Å². The third-order valence-electron chi connectivity index (χ3n) is 9.59. The molecule has 6 nitrogen and oxygen atoms in total. The normalized spacial score (nSPS) is 15.3. The van der Waals surface area contributed by atoms with Crippen molar-refractivity contribution in [3.8, 4) is 0 Å². The molecule has 0 unspecified atom stereocenters. The number of nitrogens with zero attached hydrogens (tertiary/aromatic N) is 2. The summed E-state index contributed by atoms with van der Waals surface area (Å²) in [7, 11) is 2.13. The fourth-order valence-electron chi connectivity index (χ4n) is 6.13. The van der Waals surface area contributed by atoms with Gasteiger partial charge in [0.15, 0.2) is 0 Å². The molecule has 1 aliphatic rings. The number of ether oxygens (including phenoxy) is 2. The van der Waals surface area contributed by atoms with Crippen LogP contribution in [0, 0.1) is 0 Å². The third kappa shape index (κ3) is 29.5. The van der Waals surface area contributed by atoms with Gasteiger partial charge < -0.3 is 14.4 Å². The maximum atomic E-state index is 12.5. The van der Waals surface area contributed by atoms with Gasteiger partial charge in [-0.05, 0) is 84.1 Å². The van der Waals surface area contributed by atoms with Crippen molar-refractivity contribution in [2.75, 3.05) is 46.4 Å². The summed E-state index contributed by atoms with van der Waals surface area (Å²) < 4.78 is 11.4. The van der Waals surface area contributed by atoms with Crippen molar-refractivity contribution in [1.29, 1.82) is 0 Å². The number of likely N-dealkylation sites (N-methyl/N-ethyl adjacent to an activating group) is 1. The molecule has 0 N–H and O–H groups in total. The Balaban J connectivity index is 2.15. The number of hydrogen-bond donors (Lipinski definition) is 0. The Kier molecular flexibility index (Phi) is 32.3. The summed E-state index contributed by atoms with van der Waals surface area (Å²) in [5.41, 5.74) is 0. The number of piperazine rings is 1. The van der Waals surface area contributed by atoms with Crippen molar-refractivity contribution in [3.05, 3.63) is 48.6 Å². The first kappa shape index (κ1) is 45.8. The summed E-state index contributed by atoms with van der Waals surface area (Å²) in [5, 5.41) is 0. The first-order valence-corrected chi connectivity index (χ1v) is 20.9. The standard InChI is InChI=1S/C44H78N2O4/c1-4-6-8-10-12-14-16-18-20-22-24-26-28-30-32-34-43(47)49-40-42(46-38-36-45(3)37-39-46)41-50-44(48)35-33-31-29-27-25-23-21-19-17-15-13-11-9-7-5-2/h12-15,18-21,42H,4-11,16-17,22-41H2,1-3H3. The number of carbonyl (C=O) groups is 2. The summed E-state index contributed by atoms with van der Waals surface area (Å²) in [6, 6.07) is -0.0780. The molecule has 6 heteroatoms. The van der Waals surface area contributed by atoms with E-state index >= 15 is 0 Å². The molecule has 1 rings (SSSR count). The maximum absolute atomic E-state index is 12.5. The molecule has 0 spiro atoms. The Morgan fingerprint density at radius 2 is 0.860 bits per heavy atom. The number of carbonyl (C=O) groups excluding carboxylic acids is 2. The summed E-state index contributed by atoms with van der Waals surface area (Å²) in [5.74, 6) is -0.266. The predicted octanol–water partition coefficient (Wildman–Crippen LogP) is 11.3. The zero-order valence-corrected chi connectivity index (χ0v) is 32.9. The van der Waals surface area contributed by atoms with Gasteiger partial charge in [-0.25, -0.2) is 0 Å². The second-order valence-electron chi connectivity index (χ2n) is 14.3. The van der Waals surface area contributed by atoms with Crippen LogP contribution in [0.4, 0.5) is 0 Å². The molecule has 0 atom stereocenters. The van der Waals surface area contributed by atoms with Crippen molar-refractivity contribution in [2.45, 2.75) is 174 Å². The van der Waals surface area contributed by atoms with Gasteiger partial charge in [0.25, 0.3) is 0 Å². The van der Waals surface area contributed by atoms with Crippen LogP contribution in [0.3, 0.4) is 0 Å². The molecule has 1 fully saturated rings. The predicted molar refractivity (Wildman–Crippen MR) is 213 cm³/mol. The summed E-state index contributed by atoms with van der Waals surface area (Å²) in [6.07, 6.45) is 44.9. The van der Waals surface area contributed by atoms with Crippen LogP contribution in [-0.2, 0) is 19.1 Å². The second-order valence-corrected chi connectivity index (χ2v) is 14.3. The van der Waals surface area contributed by atoms with Crippen LogP contribution < -0.4 is 0 Å². The minimum Gasteiger partial charge on any atom is -0.464 e. The molecule has 0 aliphatic carbocycles. The fraction of sp³-hybridized carbons (Fsp3) is 0.773. The zero-order chi connectivity index (χ0) is 36.2. The Hall–Kier alpha value is -2.18. The topological polar surface area (TPSA) is 59.1 Å². The van der Waals surface area contributed by atoms with E-state index in [2.05, 4.69) is 79.3 Å². The number of rotatable bonds is 33. The Morgan fingerprint density at radius 1 is 0.500 bits per heavy atom. The van der Waals surface area contributed by atoms with E-state index in [1.165, 1.54) is 77.0 Å². The Morgan fingerprint density at radius 3 is 1.26 bits per heavy atom. The smallest absolute Gasteiger partial charge is 0.305 e. The lowest BCUT2D eigenvalue weighted by molar-refractivity contribution is -0.150. The average molecular weight is 699 g/mol. The van der Waals surface area contributed by atoms with Crippen molar-refractivity contribution in [2.24, 2.45) is 0 Å². The van der Waals surface area contributed by atoms with Gasteiger partial charge in [-0.1, -0.05) is 127 Å². The van der Waals surface area contributed by atoms with Crippen LogP contribution in [0.2, 0.25) is 0 Å². The quantitative estimate of drug-likeness (QED) is 0.0386. The van der Waals surface area contributed by atoms with E-state index in [0.717, 1.165) is 90.4 Å². The maximum Gasteiger partial charge on any atom is 0.305 e. The van der Waals surface area contributed by atoms with Crippen molar-refractivity contribution < 1.29 is 19.1 Å². The van der Waals surface area contributed by atoms with Crippen LogP contribution in [0.5, 0.6) is 0 Å². The summed E-state index contributed by atoms with van der Waals surface area (Å²) >= 11 is 0. The van der Waals surface area contributed by atoms with Gasteiger partial charge >= 0.3 is 11.9 Å². The van der Waals surface area contributed by atoms with Gasteiger partial charge in [-0.3, -0.25) is 14.5 Å². The van der Waals surface area contributed by atoms with Gasteiger partial charge in [0, 0.05) is 39.0 Å². The lowest BCUT2D eigenvalue weighted by atomic mass is 10.1. The van der Waals surface area contributed by atoms with E-state index in [1.807, 2.05) is 0 Å². The molecule has 0 bridgehead atoms. The number of hydrogen-bond acceptors (Lipinski definition) is 6. The molecule has 1 heterocycles. The lowest BCUT2D eigenvalue weighted by Gasteiger charge is -2.37. The molecule has 0 aromatic carbocycles. The van der Waals surface area contributed by atoms with E-state index in [0.29, 0.717) is 26.1 Å². The minimum absolute atomic E-state index is 0.0780. The molecule has 288 valence electrons. The van der Waals surface area contributed by atoms with Gasteiger partial charge in [-0.2, -0.15) is 0 Å². The van der Waals surface area contributed by atoms with Gasteiger partial charge in [0.2, 0.25) is 0 Å². The minimum atomic E-state index is -0.133. The Bertz CT molecular complexity index is 842. The number of esters is 2. The molecule has 0 saturated carbocycles. The van der Waals surface area contributed by atoms with Crippen LogP contribution in [0.1, 0.15) is 168 Å². The van der Waals surface area contributed by atoms with E-state index in [4.69, 9.17) is 9.47 Å². The van der Waals surface area contributed by atoms with Gasteiger partial charge in [-0.15, -0.1) is 0 Å². The van der Waals surface area contributed by atoms with Gasteiger partial charge in [0.1, 0.15) is 13.2 Å². The van der Waals surface area contributed by atoms with Crippen molar-refractivity contribution >= 4 is 11.9 Å². The molecule has 1 aliphatic heterocycles. The van der Waals surface area contributed by atoms with Crippen LogP contribution in [0.25, 0.3) is 0 Å². The average Bonchev–Trinajstić information content (AvgIpc) is 3.12. The Labute approximate surface area is 309 Å². The van der Waals surface area contributed by atoms with E-state index in [1.54, 1.807) is 0 Å². The summed E-state index contributed by atoms with van der Waals surface area (Å²) in [6.45, 7) is 8.80. The van der Waals surface area contributed by atoms with Gasteiger partial charge in [0.05, 0.1) is 6.04 Å². The van der Waals surface area contributed by atoms with E-state index in [-0.39, 0.29) is 18.0 Å². The van der Waals surface area contributed by atoms with E-state index < -0.39 is 0 Å². The fourth-order valence-corrected chi connectivity index (χ4v) is 6.13. The molecular weight excluding hydrogens is 620 g/mol. The molecule has 1 saturated heterocycles. The lowest BCUT2D eigenvalue weighted by Crippen LogP contribution is -2.52. The highest BCUT2D eigenvalue weighted by Gasteiger charge is 2.25. The molecule has 0 aromatic heterocycles. The number of unbranched alkanes of at least 4 members (excludes halogenated alkanes) is 16. The molecule has 50 heavy (non-hydrogen) atoms. The zero-order valence-electron chi connectivity index (χ0n) is 32.9. The third-order valence-corrected chi connectivity index (χ3v) is 9.59. The van der Waals surface area contributed by atoms with Crippen molar-refractivity contribution in [1.82, 2.24) is 9.80 Å². The largest absolute Gasteiger partial charge is 0.464 e. The molecule has 0 radical (unpaired) electrons. The first-order valence-electron chi connectivity index (χ1n) is 20.9. The van der Waals surface area contributed by atoms with Crippen LogP contribution in [0.15, 0.2) is 48.6 Å². The highest BCUT2D eigenvalue weighted by atomic mass is 16.5. The number of allylic oxidation sites excluding steroid dienone is 8. The molecule has 0 amide bonds. The summed E-state index contributed by atoms with van der Waals surface area (Å²) in [4.78, 5) is 29.7. The molecule has 0 aromatic rings.